The Bertz CT molecular complexity index is 1020. The van der Waals surface area contributed by atoms with Crippen LogP contribution in [-0.2, 0) is 6.54 Å². The van der Waals surface area contributed by atoms with Crippen molar-refractivity contribution in [3.8, 4) is 0 Å². The lowest BCUT2D eigenvalue weighted by Gasteiger charge is -2.13. The molecule has 0 saturated heterocycles. The first kappa shape index (κ1) is 17.7. The van der Waals surface area contributed by atoms with Crippen LogP contribution in [-0.4, -0.2) is 20.7 Å². The average Bonchev–Trinajstić information content (AvgIpc) is 2.52. The fourth-order valence-corrected chi connectivity index (χ4v) is 2.24. The predicted molar refractivity (Wildman–Crippen MR) is 79.5 cm³/mol. The monoisotopic (exact) mass is 374 g/mol. The zero-order chi connectivity index (χ0) is 19.1. The lowest BCUT2D eigenvalue weighted by atomic mass is 10.3. The molecule has 0 radical (unpaired) electrons. The summed E-state index contributed by atoms with van der Waals surface area (Å²) in [5.74, 6) is -4.19. The fraction of sp³-hybridized carbons (Fsp3) is 0.133. The van der Waals surface area contributed by atoms with Gasteiger partial charge in [0.25, 0.3) is 5.56 Å². The van der Waals surface area contributed by atoms with Crippen molar-refractivity contribution in [3.05, 3.63) is 58.3 Å². The molecule has 26 heavy (non-hydrogen) atoms. The van der Waals surface area contributed by atoms with Crippen molar-refractivity contribution in [2.75, 3.05) is 5.32 Å². The van der Waals surface area contributed by atoms with Gasteiger partial charge in [-0.25, -0.2) is 18.2 Å². The Hall–Kier alpha value is -3.11. The Morgan fingerprint density at radius 1 is 1.08 bits per heavy atom. The number of benzene rings is 1. The quantitative estimate of drug-likeness (QED) is 0.713. The number of nitrogens with zero attached hydrogens (tertiary/aromatic N) is 3. The van der Waals surface area contributed by atoms with Crippen LogP contribution in [0.15, 0.2) is 35.3 Å². The molecule has 0 atom stereocenters. The average molecular weight is 374 g/mol. The molecule has 0 fully saturated rings. The number of halogens is 6. The minimum Gasteiger partial charge on any atom is -0.319 e. The molecule has 0 aliphatic carbocycles. The van der Waals surface area contributed by atoms with Gasteiger partial charge in [-0.3, -0.25) is 9.36 Å². The highest BCUT2D eigenvalue weighted by molar-refractivity contribution is 5.75. The molecular weight excluding hydrogens is 366 g/mol. The number of anilines is 2. The van der Waals surface area contributed by atoms with Gasteiger partial charge in [0.05, 0.1) is 0 Å². The van der Waals surface area contributed by atoms with Crippen molar-refractivity contribution in [2.24, 2.45) is 0 Å². The Labute approximate surface area is 140 Å². The summed E-state index contributed by atoms with van der Waals surface area (Å²) in [7, 11) is 0. The lowest BCUT2D eigenvalue weighted by molar-refractivity contribution is -0.140. The van der Waals surface area contributed by atoms with Crippen molar-refractivity contribution >= 4 is 22.7 Å². The second kappa shape index (κ2) is 6.32. The standard InChI is InChI=1S/C15H8F6N4O/c16-8-3-9(17)12(10(18)4-8)23-14-22-5-7-1-2-11(26)25(13(7)24-14)6-15(19,20)21/h1-5H,6H2,(H,22,23,24). The maximum atomic E-state index is 13.7. The second-order valence-corrected chi connectivity index (χ2v) is 5.21. The zero-order valence-corrected chi connectivity index (χ0v) is 12.6. The van der Waals surface area contributed by atoms with Gasteiger partial charge in [0.15, 0.2) is 11.6 Å². The van der Waals surface area contributed by atoms with Gasteiger partial charge in [-0.05, 0) is 6.07 Å². The molecule has 0 aliphatic rings. The van der Waals surface area contributed by atoms with Crippen LogP contribution >= 0.6 is 0 Å². The topological polar surface area (TPSA) is 59.8 Å². The molecule has 0 aliphatic heterocycles. The van der Waals surface area contributed by atoms with E-state index in [0.717, 1.165) is 12.3 Å². The third kappa shape index (κ3) is 3.60. The van der Waals surface area contributed by atoms with Crippen LogP contribution < -0.4 is 10.9 Å². The van der Waals surface area contributed by atoms with Crippen LogP contribution in [0.3, 0.4) is 0 Å². The van der Waals surface area contributed by atoms with E-state index in [1.165, 1.54) is 6.07 Å². The molecule has 0 amide bonds. The van der Waals surface area contributed by atoms with Gasteiger partial charge in [0.1, 0.15) is 23.7 Å². The summed E-state index contributed by atoms with van der Waals surface area (Å²) >= 11 is 0. The molecule has 3 rings (SSSR count). The summed E-state index contributed by atoms with van der Waals surface area (Å²) < 4.78 is 78.7. The molecule has 11 heteroatoms. The SMILES string of the molecule is O=c1ccc2cnc(Nc3c(F)cc(F)cc3F)nc2n1CC(F)(F)F. The summed E-state index contributed by atoms with van der Waals surface area (Å²) in [5, 5.41) is 2.24. The number of nitrogens with one attached hydrogen (secondary N) is 1. The lowest BCUT2D eigenvalue weighted by Crippen LogP contribution is -2.28. The molecule has 3 aromatic rings. The van der Waals surface area contributed by atoms with Crippen molar-refractivity contribution in [3.63, 3.8) is 0 Å². The van der Waals surface area contributed by atoms with Crippen LogP contribution in [0, 0.1) is 17.5 Å². The van der Waals surface area contributed by atoms with E-state index in [9.17, 15) is 31.1 Å². The Balaban J connectivity index is 2.09. The van der Waals surface area contributed by atoms with E-state index in [-0.39, 0.29) is 11.0 Å². The first-order valence-corrected chi connectivity index (χ1v) is 6.99. The third-order valence-electron chi connectivity index (χ3n) is 3.30. The number of hydrogen-bond acceptors (Lipinski definition) is 4. The molecule has 1 N–H and O–H groups in total. The molecule has 136 valence electrons. The summed E-state index contributed by atoms with van der Waals surface area (Å²) in [6.07, 6.45) is -3.61. The van der Waals surface area contributed by atoms with E-state index in [0.29, 0.717) is 16.7 Å². The van der Waals surface area contributed by atoms with Gasteiger partial charge < -0.3 is 5.32 Å². The number of fused-ring (bicyclic) bond motifs is 1. The molecule has 0 bridgehead atoms. The number of hydrogen-bond donors (Lipinski definition) is 1. The summed E-state index contributed by atoms with van der Waals surface area (Å²) in [6, 6.07) is 2.95. The molecule has 5 nitrogen and oxygen atoms in total. The van der Waals surface area contributed by atoms with E-state index in [4.69, 9.17) is 0 Å². The number of alkyl halides is 3. The van der Waals surface area contributed by atoms with Gasteiger partial charge in [-0.15, -0.1) is 0 Å². The van der Waals surface area contributed by atoms with Crippen molar-refractivity contribution in [1.82, 2.24) is 14.5 Å². The van der Waals surface area contributed by atoms with Gasteiger partial charge in [0.2, 0.25) is 5.95 Å². The number of rotatable bonds is 3. The van der Waals surface area contributed by atoms with Gasteiger partial charge >= 0.3 is 6.18 Å². The first-order valence-electron chi connectivity index (χ1n) is 6.99. The summed E-state index contributed by atoms with van der Waals surface area (Å²) in [6.45, 7) is -1.60. The van der Waals surface area contributed by atoms with Crippen molar-refractivity contribution < 1.29 is 26.3 Å². The smallest absolute Gasteiger partial charge is 0.319 e. The molecule has 0 spiro atoms. The van der Waals surface area contributed by atoms with E-state index in [1.807, 2.05) is 0 Å². The molecule has 2 aromatic heterocycles. The normalized spacial score (nSPS) is 11.8. The van der Waals surface area contributed by atoms with Crippen LogP contribution in [0.1, 0.15) is 0 Å². The van der Waals surface area contributed by atoms with E-state index in [2.05, 4.69) is 15.3 Å². The fourth-order valence-electron chi connectivity index (χ4n) is 2.24. The van der Waals surface area contributed by atoms with Crippen LogP contribution in [0.25, 0.3) is 11.0 Å². The van der Waals surface area contributed by atoms with Crippen molar-refractivity contribution in [1.29, 1.82) is 0 Å². The third-order valence-corrected chi connectivity index (χ3v) is 3.30. The molecule has 2 heterocycles. The number of pyridine rings is 1. The summed E-state index contributed by atoms with van der Waals surface area (Å²) in [5.41, 5.74) is -2.12. The zero-order valence-electron chi connectivity index (χ0n) is 12.6. The highest BCUT2D eigenvalue weighted by Gasteiger charge is 2.29. The molecule has 1 aromatic carbocycles. The maximum absolute atomic E-state index is 13.7. The Morgan fingerprint density at radius 3 is 2.35 bits per heavy atom. The summed E-state index contributed by atoms with van der Waals surface area (Å²) in [4.78, 5) is 19.2. The predicted octanol–water partition coefficient (Wildman–Crippen LogP) is 3.51. The van der Waals surface area contributed by atoms with Gasteiger partial charge in [-0.2, -0.15) is 18.2 Å². The van der Waals surface area contributed by atoms with Gasteiger partial charge in [-0.1, -0.05) is 0 Å². The van der Waals surface area contributed by atoms with Crippen LogP contribution in [0.2, 0.25) is 0 Å². The Morgan fingerprint density at radius 2 is 1.73 bits per heavy atom. The van der Waals surface area contributed by atoms with Crippen LogP contribution in [0.4, 0.5) is 38.0 Å². The Kier molecular flexibility index (Phi) is 4.30. The maximum Gasteiger partial charge on any atom is 0.406 e. The van der Waals surface area contributed by atoms with E-state index >= 15 is 0 Å². The molecule has 0 saturated carbocycles. The minimum absolute atomic E-state index is 0.111. The minimum atomic E-state index is -4.69. The van der Waals surface area contributed by atoms with Gasteiger partial charge in [0, 0.05) is 29.8 Å². The van der Waals surface area contributed by atoms with E-state index < -0.39 is 47.4 Å². The first-order chi connectivity index (χ1) is 12.1. The largest absolute Gasteiger partial charge is 0.406 e. The van der Waals surface area contributed by atoms with E-state index in [1.54, 1.807) is 0 Å². The highest BCUT2D eigenvalue weighted by atomic mass is 19.4. The van der Waals surface area contributed by atoms with Crippen molar-refractivity contribution in [2.45, 2.75) is 12.7 Å². The number of aromatic nitrogens is 3. The highest BCUT2D eigenvalue weighted by Crippen LogP contribution is 2.24. The second-order valence-electron chi connectivity index (χ2n) is 5.21. The molecular formula is C15H8F6N4O. The molecule has 0 unspecified atom stereocenters. The van der Waals surface area contributed by atoms with Crippen LogP contribution in [0.5, 0.6) is 0 Å².